The van der Waals surface area contributed by atoms with Crippen LogP contribution in [0.5, 0.6) is 0 Å². The Morgan fingerprint density at radius 2 is 1.84 bits per heavy atom. The van der Waals surface area contributed by atoms with E-state index in [0.29, 0.717) is 42.8 Å². The van der Waals surface area contributed by atoms with Gasteiger partial charge >= 0.3 is 0 Å². The summed E-state index contributed by atoms with van der Waals surface area (Å²) >= 11 is 11.8. The molecule has 2 aliphatic rings. The number of halogens is 2. The highest BCUT2D eigenvalue weighted by molar-refractivity contribution is 6.36. The van der Waals surface area contributed by atoms with Crippen LogP contribution in [-0.4, -0.2) is 55.9 Å². The molecule has 0 aliphatic carbocycles. The quantitative estimate of drug-likeness (QED) is 0.861. The number of hydrogen-bond acceptors (Lipinski definition) is 4. The van der Waals surface area contributed by atoms with Crippen LogP contribution in [0.15, 0.2) is 18.2 Å². The first-order valence-electron chi connectivity index (χ1n) is 8.29. The fourth-order valence-corrected chi connectivity index (χ4v) is 3.60. The molecular formula is C17H20Cl2N2O4. The Morgan fingerprint density at radius 3 is 2.48 bits per heavy atom. The highest BCUT2D eigenvalue weighted by atomic mass is 35.5. The van der Waals surface area contributed by atoms with E-state index in [4.69, 9.17) is 32.7 Å². The third-order valence-corrected chi connectivity index (χ3v) is 5.05. The van der Waals surface area contributed by atoms with Crippen LogP contribution in [-0.2, 0) is 14.3 Å². The SMILES string of the molecule is O=C(NCC(=O)N1CCC(C2OCCO2)CC1)c1ccc(Cl)cc1Cl. The third kappa shape index (κ3) is 4.64. The molecule has 6 nitrogen and oxygen atoms in total. The molecule has 0 radical (unpaired) electrons. The van der Waals surface area contributed by atoms with E-state index in [1.165, 1.54) is 12.1 Å². The molecule has 0 spiro atoms. The van der Waals surface area contributed by atoms with Crippen LogP contribution in [0.1, 0.15) is 23.2 Å². The summed E-state index contributed by atoms with van der Waals surface area (Å²) in [5.74, 6) is -0.170. The number of hydrogen-bond donors (Lipinski definition) is 1. The van der Waals surface area contributed by atoms with E-state index in [9.17, 15) is 9.59 Å². The lowest BCUT2D eigenvalue weighted by Gasteiger charge is -2.33. The van der Waals surface area contributed by atoms with Crippen molar-refractivity contribution in [3.8, 4) is 0 Å². The molecular weight excluding hydrogens is 367 g/mol. The first-order valence-corrected chi connectivity index (χ1v) is 9.04. The van der Waals surface area contributed by atoms with E-state index in [1.54, 1.807) is 11.0 Å². The Balaban J connectivity index is 1.45. The van der Waals surface area contributed by atoms with Gasteiger partial charge in [-0.15, -0.1) is 0 Å². The van der Waals surface area contributed by atoms with Crippen LogP contribution in [0.2, 0.25) is 10.0 Å². The zero-order valence-corrected chi connectivity index (χ0v) is 15.2. The minimum atomic E-state index is -0.391. The fourth-order valence-electron chi connectivity index (χ4n) is 3.11. The number of amides is 2. The van der Waals surface area contributed by atoms with Crippen molar-refractivity contribution < 1.29 is 19.1 Å². The Hall–Kier alpha value is -1.34. The van der Waals surface area contributed by atoms with Gasteiger partial charge in [0.2, 0.25) is 5.91 Å². The number of nitrogens with one attached hydrogen (secondary N) is 1. The molecule has 0 unspecified atom stereocenters. The molecule has 2 heterocycles. The number of ether oxygens (including phenoxy) is 2. The second-order valence-corrected chi connectivity index (χ2v) is 6.98. The second-order valence-electron chi connectivity index (χ2n) is 6.14. The Morgan fingerprint density at radius 1 is 1.16 bits per heavy atom. The molecule has 8 heteroatoms. The Bertz CT molecular complexity index is 642. The van der Waals surface area contributed by atoms with Crippen molar-refractivity contribution in [2.45, 2.75) is 19.1 Å². The zero-order chi connectivity index (χ0) is 17.8. The molecule has 1 aromatic rings. The molecule has 2 saturated heterocycles. The molecule has 25 heavy (non-hydrogen) atoms. The number of benzene rings is 1. The highest BCUT2D eigenvalue weighted by Gasteiger charge is 2.31. The van der Waals surface area contributed by atoms with Gasteiger partial charge in [-0.3, -0.25) is 9.59 Å². The largest absolute Gasteiger partial charge is 0.350 e. The van der Waals surface area contributed by atoms with Gasteiger partial charge in [-0.2, -0.15) is 0 Å². The maximum absolute atomic E-state index is 12.3. The predicted octanol–water partition coefficient (Wildman–Crippen LogP) is 2.33. The van der Waals surface area contributed by atoms with Gasteiger partial charge in [0.05, 0.1) is 30.3 Å². The second kappa shape index (κ2) is 8.36. The van der Waals surface area contributed by atoms with Crippen molar-refractivity contribution in [1.29, 1.82) is 0 Å². The summed E-state index contributed by atoms with van der Waals surface area (Å²) in [5, 5.41) is 3.33. The minimum absolute atomic E-state index is 0.0567. The predicted molar refractivity (Wildman–Crippen MR) is 93.8 cm³/mol. The summed E-state index contributed by atoms with van der Waals surface area (Å²) in [5.41, 5.74) is 0.299. The lowest BCUT2D eigenvalue weighted by Crippen LogP contribution is -2.45. The fraction of sp³-hybridized carbons (Fsp3) is 0.529. The lowest BCUT2D eigenvalue weighted by molar-refractivity contribution is -0.135. The molecule has 0 bridgehead atoms. The summed E-state index contributed by atoms with van der Waals surface area (Å²) in [6.45, 7) is 2.51. The van der Waals surface area contributed by atoms with Crippen molar-refractivity contribution in [2.75, 3.05) is 32.8 Å². The van der Waals surface area contributed by atoms with E-state index in [-0.39, 0.29) is 23.8 Å². The number of carbonyl (C=O) groups excluding carboxylic acids is 2. The maximum atomic E-state index is 12.3. The first kappa shape index (κ1) is 18.5. The molecule has 1 N–H and O–H groups in total. The van der Waals surface area contributed by atoms with Crippen molar-refractivity contribution in [3.05, 3.63) is 33.8 Å². The van der Waals surface area contributed by atoms with E-state index >= 15 is 0 Å². The van der Waals surface area contributed by atoms with Crippen LogP contribution in [0.25, 0.3) is 0 Å². The Kier molecular flexibility index (Phi) is 6.17. The van der Waals surface area contributed by atoms with Gasteiger partial charge in [-0.25, -0.2) is 0 Å². The molecule has 0 atom stereocenters. The van der Waals surface area contributed by atoms with Crippen molar-refractivity contribution in [2.24, 2.45) is 5.92 Å². The average Bonchev–Trinajstić information content (AvgIpc) is 3.14. The molecule has 2 amide bonds. The molecule has 3 rings (SSSR count). The summed E-state index contributed by atoms with van der Waals surface area (Å²) in [6.07, 6.45) is 1.55. The van der Waals surface area contributed by atoms with Crippen molar-refractivity contribution >= 4 is 35.0 Å². The topological polar surface area (TPSA) is 67.9 Å². The number of rotatable bonds is 4. The van der Waals surface area contributed by atoms with Gasteiger partial charge in [0, 0.05) is 24.0 Å². The van der Waals surface area contributed by atoms with Crippen LogP contribution < -0.4 is 5.32 Å². The van der Waals surface area contributed by atoms with E-state index in [2.05, 4.69) is 5.32 Å². The van der Waals surface area contributed by atoms with E-state index < -0.39 is 5.91 Å². The highest BCUT2D eigenvalue weighted by Crippen LogP contribution is 2.25. The van der Waals surface area contributed by atoms with Crippen LogP contribution >= 0.6 is 23.2 Å². The van der Waals surface area contributed by atoms with Crippen molar-refractivity contribution in [3.63, 3.8) is 0 Å². The monoisotopic (exact) mass is 386 g/mol. The first-order chi connectivity index (χ1) is 12.0. The van der Waals surface area contributed by atoms with Gasteiger partial charge in [0.1, 0.15) is 0 Å². The number of carbonyl (C=O) groups is 2. The van der Waals surface area contributed by atoms with Crippen LogP contribution in [0.4, 0.5) is 0 Å². The van der Waals surface area contributed by atoms with E-state index in [0.717, 1.165) is 12.8 Å². The van der Waals surface area contributed by atoms with Gasteiger partial charge in [0.15, 0.2) is 6.29 Å². The zero-order valence-electron chi connectivity index (χ0n) is 13.7. The Labute approximate surface area is 156 Å². The minimum Gasteiger partial charge on any atom is -0.350 e. The molecule has 0 saturated carbocycles. The van der Waals surface area contributed by atoms with Gasteiger partial charge in [-0.05, 0) is 31.0 Å². The number of likely N-dealkylation sites (tertiary alicyclic amines) is 1. The lowest BCUT2D eigenvalue weighted by atomic mass is 9.96. The molecule has 2 aliphatic heterocycles. The van der Waals surface area contributed by atoms with E-state index in [1.807, 2.05) is 0 Å². The standard InChI is InChI=1S/C17H20Cl2N2O4/c18-12-1-2-13(14(19)9-12)16(23)20-10-15(22)21-5-3-11(4-6-21)17-24-7-8-25-17/h1-2,9,11,17H,3-8,10H2,(H,20,23). The summed E-state index contributed by atoms with van der Waals surface area (Å²) < 4.78 is 11.1. The van der Waals surface area contributed by atoms with Gasteiger partial charge < -0.3 is 19.7 Å². The summed E-state index contributed by atoms with van der Waals surface area (Å²) in [4.78, 5) is 26.2. The molecule has 0 aromatic heterocycles. The van der Waals surface area contributed by atoms with Crippen LogP contribution in [0.3, 0.4) is 0 Å². The smallest absolute Gasteiger partial charge is 0.253 e. The third-order valence-electron chi connectivity index (χ3n) is 4.50. The molecule has 2 fully saturated rings. The summed E-state index contributed by atoms with van der Waals surface area (Å²) in [7, 11) is 0. The average molecular weight is 387 g/mol. The molecule has 1 aromatic carbocycles. The number of nitrogens with zero attached hydrogens (tertiary/aromatic N) is 1. The normalized spacial score (nSPS) is 19.2. The molecule has 136 valence electrons. The summed E-state index contributed by atoms with van der Waals surface area (Å²) in [6, 6.07) is 4.62. The van der Waals surface area contributed by atoms with Crippen molar-refractivity contribution in [1.82, 2.24) is 10.2 Å². The van der Waals surface area contributed by atoms with Gasteiger partial charge in [0.25, 0.3) is 5.91 Å². The number of piperidine rings is 1. The maximum Gasteiger partial charge on any atom is 0.253 e. The van der Waals surface area contributed by atoms with Gasteiger partial charge in [-0.1, -0.05) is 23.2 Å². The van der Waals surface area contributed by atoms with Crippen LogP contribution in [0, 0.1) is 5.92 Å².